The Morgan fingerprint density at radius 1 is 1.37 bits per heavy atom. The van der Waals surface area contributed by atoms with E-state index in [1.165, 1.54) is 0 Å². The third-order valence-corrected chi connectivity index (χ3v) is 6.75. The number of rotatable bonds is 2. The fraction of sp³-hybridized carbons (Fsp3) is 0.474. The van der Waals surface area contributed by atoms with Crippen LogP contribution in [-0.4, -0.2) is 27.0 Å². The molecule has 5 nitrogen and oxygen atoms in total. The van der Waals surface area contributed by atoms with Crippen molar-refractivity contribution in [3.63, 3.8) is 0 Å². The number of aliphatic imine (C=N–C) groups is 1. The largest absolute Gasteiger partial charge is 0.375 e. The molecule has 0 radical (unpaired) electrons. The highest BCUT2D eigenvalue weighted by atomic mass is 35.5. The van der Waals surface area contributed by atoms with Gasteiger partial charge in [0.1, 0.15) is 0 Å². The second-order valence-corrected chi connectivity index (χ2v) is 9.74. The van der Waals surface area contributed by atoms with Crippen LogP contribution in [-0.2, 0) is 4.74 Å². The van der Waals surface area contributed by atoms with Gasteiger partial charge in [0.05, 0.1) is 27.5 Å². The summed E-state index contributed by atoms with van der Waals surface area (Å²) in [6.45, 7) is 6.78. The predicted molar refractivity (Wildman–Crippen MR) is 112 cm³/mol. The highest BCUT2D eigenvalue weighted by Crippen LogP contribution is 2.47. The smallest absolute Gasteiger partial charge is 0.271 e. The van der Waals surface area contributed by atoms with Crippen LogP contribution in [0.2, 0.25) is 10.0 Å². The zero-order valence-electron chi connectivity index (χ0n) is 15.4. The minimum absolute atomic E-state index is 0.117. The molecule has 3 heterocycles. The van der Waals surface area contributed by atoms with Gasteiger partial charge in [0.15, 0.2) is 5.82 Å². The Labute approximate surface area is 172 Å². The summed E-state index contributed by atoms with van der Waals surface area (Å²) in [5.41, 5.74) is 1.18. The van der Waals surface area contributed by atoms with Crippen molar-refractivity contribution in [2.75, 3.05) is 6.61 Å². The van der Waals surface area contributed by atoms with Gasteiger partial charge in [-0.05, 0) is 51.3 Å². The average molecular weight is 426 g/mol. The van der Waals surface area contributed by atoms with Crippen molar-refractivity contribution in [2.45, 2.75) is 50.5 Å². The van der Waals surface area contributed by atoms with Gasteiger partial charge in [-0.2, -0.15) is 0 Å². The molecule has 0 unspecified atom stereocenters. The lowest BCUT2D eigenvalue weighted by Gasteiger charge is -2.36. The van der Waals surface area contributed by atoms with Crippen LogP contribution in [0.3, 0.4) is 0 Å². The second-order valence-electron chi connectivity index (χ2n) is 7.60. The minimum Gasteiger partial charge on any atom is -0.375 e. The van der Waals surface area contributed by atoms with Crippen molar-refractivity contribution in [3.8, 4) is 0 Å². The summed E-state index contributed by atoms with van der Waals surface area (Å²) < 4.78 is 7.76. The maximum atomic E-state index is 12.9. The van der Waals surface area contributed by atoms with Gasteiger partial charge < -0.3 is 4.74 Å². The molecule has 2 aliphatic heterocycles. The number of nitrogens with one attached hydrogen (secondary N) is 1. The Kier molecular flexibility index (Phi) is 4.95. The quantitative estimate of drug-likeness (QED) is 0.690. The summed E-state index contributed by atoms with van der Waals surface area (Å²) in [5, 5.41) is 4.85. The number of thioether (sulfide) groups is 1. The first-order valence-corrected chi connectivity index (χ1v) is 10.5. The van der Waals surface area contributed by atoms with E-state index in [9.17, 15) is 4.79 Å². The molecule has 0 saturated carbocycles. The molecule has 144 valence electrons. The van der Waals surface area contributed by atoms with Gasteiger partial charge >= 0.3 is 0 Å². The van der Waals surface area contributed by atoms with Crippen molar-refractivity contribution in [1.82, 2.24) is 9.78 Å². The highest BCUT2D eigenvalue weighted by molar-refractivity contribution is 8.14. The van der Waals surface area contributed by atoms with Crippen molar-refractivity contribution in [1.29, 1.82) is 0 Å². The van der Waals surface area contributed by atoms with Gasteiger partial charge in [-0.25, -0.2) is 4.99 Å². The Morgan fingerprint density at radius 2 is 2.15 bits per heavy atom. The molecular weight excluding hydrogens is 405 g/mol. The summed E-state index contributed by atoms with van der Waals surface area (Å²) >= 11 is 14.0. The number of fused-ring (bicyclic) bond motifs is 1. The molecule has 1 N–H and O–H groups in total. The van der Waals surface area contributed by atoms with E-state index in [-0.39, 0.29) is 22.5 Å². The van der Waals surface area contributed by atoms with Crippen molar-refractivity contribution in [3.05, 3.63) is 49.7 Å². The lowest BCUT2D eigenvalue weighted by atomic mass is 9.94. The fourth-order valence-corrected chi connectivity index (χ4v) is 5.55. The van der Waals surface area contributed by atoms with Crippen molar-refractivity contribution < 1.29 is 4.74 Å². The Balaban J connectivity index is 1.82. The van der Waals surface area contributed by atoms with Crippen LogP contribution >= 0.6 is 35.0 Å². The van der Waals surface area contributed by atoms with E-state index in [0.717, 1.165) is 23.4 Å². The highest BCUT2D eigenvalue weighted by Gasteiger charge is 2.36. The molecule has 0 aliphatic carbocycles. The first-order chi connectivity index (χ1) is 12.7. The van der Waals surface area contributed by atoms with Crippen LogP contribution in [0.4, 0.5) is 5.82 Å². The van der Waals surface area contributed by atoms with Crippen LogP contribution in [0.5, 0.6) is 0 Å². The van der Waals surface area contributed by atoms with Gasteiger partial charge in [-0.15, -0.1) is 0 Å². The number of ether oxygens (including phenoxy) is 1. The number of halogens is 2. The fourth-order valence-electron chi connectivity index (χ4n) is 3.83. The molecule has 2 aromatic rings. The maximum Gasteiger partial charge on any atom is 0.271 e. The van der Waals surface area contributed by atoms with E-state index in [2.05, 4.69) is 18.9 Å². The molecule has 2 aliphatic rings. The molecule has 1 aromatic carbocycles. The van der Waals surface area contributed by atoms with E-state index in [1.807, 2.05) is 17.7 Å². The van der Waals surface area contributed by atoms with Crippen LogP contribution in [0, 0.1) is 0 Å². The van der Waals surface area contributed by atoms with Gasteiger partial charge in [0.25, 0.3) is 5.56 Å². The molecular formula is C19H21Cl2N3O2S. The average Bonchev–Trinajstić information content (AvgIpc) is 2.90. The number of nitrogens with zero attached hydrogens (tertiary/aromatic N) is 2. The summed E-state index contributed by atoms with van der Waals surface area (Å²) in [6, 6.07) is 5.55. The summed E-state index contributed by atoms with van der Waals surface area (Å²) in [5.74, 6) is 0.704. The predicted octanol–water partition coefficient (Wildman–Crippen LogP) is 5.50. The monoisotopic (exact) mass is 425 g/mol. The molecule has 1 fully saturated rings. The van der Waals surface area contributed by atoms with E-state index < -0.39 is 0 Å². The van der Waals surface area contributed by atoms with E-state index >= 15 is 0 Å². The van der Waals surface area contributed by atoms with Crippen molar-refractivity contribution >= 4 is 45.8 Å². The number of aromatic nitrogens is 2. The molecule has 0 spiro atoms. The van der Waals surface area contributed by atoms with Gasteiger partial charge in [-0.1, -0.05) is 41.0 Å². The minimum atomic E-state index is -0.224. The lowest BCUT2D eigenvalue weighted by molar-refractivity contribution is -0.0705. The number of hydrogen-bond acceptors (Lipinski definition) is 4. The first-order valence-electron chi connectivity index (χ1n) is 8.90. The Hall–Kier alpha value is -1.21. The topological polar surface area (TPSA) is 59.4 Å². The van der Waals surface area contributed by atoms with Crippen LogP contribution in [0.15, 0.2) is 28.0 Å². The van der Waals surface area contributed by atoms with E-state index in [1.54, 1.807) is 23.9 Å². The number of aromatic amines is 1. The summed E-state index contributed by atoms with van der Waals surface area (Å²) in [7, 11) is 0. The molecule has 1 saturated heterocycles. The number of benzene rings is 1. The summed E-state index contributed by atoms with van der Waals surface area (Å²) in [6.07, 6.45) is 1.66. The lowest BCUT2D eigenvalue weighted by Crippen LogP contribution is -2.35. The molecule has 2 atom stereocenters. The molecule has 27 heavy (non-hydrogen) atoms. The molecule has 1 aromatic heterocycles. The summed E-state index contributed by atoms with van der Waals surface area (Å²) in [4.78, 5) is 17.6. The van der Waals surface area contributed by atoms with Crippen LogP contribution in [0.1, 0.15) is 56.0 Å². The zero-order chi connectivity index (χ0) is 19.3. The Bertz CT molecular complexity index is 980. The zero-order valence-corrected chi connectivity index (χ0v) is 17.7. The van der Waals surface area contributed by atoms with Gasteiger partial charge in [-0.3, -0.25) is 14.6 Å². The third-order valence-electron chi connectivity index (χ3n) is 5.03. The van der Waals surface area contributed by atoms with Gasteiger partial charge in [0, 0.05) is 16.7 Å². The van der Waals surface area contributed by atoms with Crippen LogP contribution < -0.4 is 5.56 Å². The molecule has 4 rings (SSSR count). The third kappa shape index (κ3) is 3.60. The SMILES string of the molecule is CC1=Nc2c(c(=O)[nH]n2[C@H]2CCOC(C)(C)C2)[C@@H](c2ccc(Cl)cc2Cl)S1. The van der Waals surface area contributed by atoms with E-state index in [4.69, 9.17) is 32.9 Å². The Morgan fingerprint density at radius 3 is 2.85 bits per heavy atom. The first kappa shape index (κ1) is 19.1. The second kappa shape index (κ2) is 6.99. The standard InChI is InChI=1S/C19H21Cl2N3O2S/c1-10-22-17-15(16(27-10)13-5-4-11(20)8-14(13)21)18(25)23-24(17)12-6-7-26-19(2,3)9-12/h4-5,8,12,16H,6-7,9H2,1-3H3,(H,23,25)/t12-,16+/m0/s1. The molecule has 8 heteroatoms. The van der Waals surface area contributed by atoms with Crippen LogP contribution in [0.25, 0.3) is 0 Å². The molecule has 0 amide bonds. The number of H-pyrrole nitrogens is 1. The molecule has 0 bridgehead atoms. The number of hydrogen-bond donors (Lipinski definition) is 1. The maximum absolute atomic E-state index is 12.9. The van der Waals surface area contributed by atoms with Crippen molar-refractivity contribution in [2.24, 2.45) is 4.99 Å². The van der Waals surface area contributed by atoms with E-state index in [0.29, 0.717) is 28.0 Å². The normalized spacial score (nSPS) is 24.4. The van der Waals surface area contributed by atoms with Gasteiger partial charge in [0.2, 0.25) is 0 Å².